The molecule has 0 spiro atoms. The van der Waals surface area contributed by atoms with Crippen molar-refractivity contribution in [2.75, 3.05) is 6.16 Å². The Bertz CT molecular complexity index is 55.7. The van der Waals surface area contributed by atoms with E-state index < -0.39 is 0 Å². The van der Waals surface area contributed by atoms with Crippen molar-refractivity contribution in [2.24, 2.45) is 0 Å². The van der Waals surface area contributed by atoms with E-state index in [1.807, 2.05) is 0 Å². The summed E-state index contributed by atoms with van der Waals surface area (Å²) in [7, 11) is 0.836. The second-order valence-electron chi connectivity index (χ2n) is 1.36. The van der Waals surface area contributed by atoms with Crippen molar-refractivity contribution in [3.05, 3.63) is 0 Å². The molecule has 0 N–H and O–H groups in total. The molecule has 0 amide bonds. The molecule has 0 aliphatic carbocycles. The Labute approximate surface area is 46.1 Å². The van der Waals surface area contributed by atoms with Crippen molar-refractivity contribution >= 4 is 15.0 Å². The molecule has 0 fully saturated rings. The van der Waals surface area contributed by atoms with Crippen LogP contribution in [0.1, 0.15) is 19.8 Å². The SMILES string of the molecule is CCCCP=BF. The van der Waals surface area contributed by atoms with Crippen molar-refractivity contribution in [3.8, 4) is 0 Å². The maximum absolute atomic E-state index is 11.2. The standard InChI is InChI=1S/C4H9BFP/c1-2-3-4-7-5-6/h2-4H2,1H3. The van der Waals surface area contributed by atoms with Crippen LogP contribution in [0.25, 0.3) is 0 Å². The average molecular weight is 118 g/mol. The number of rotatable bonds is 3. The van der Waals surface area contributed by atoms with Gasteiger partial charge in [0, 0.05) is 0 Å². The van der Waals surface area contributed by atoms with Crippen LogP contribution in [0.3, 0.4) is 0 Å². The Morgan fingerprint density at radius 2 is 2.43 bits per heavy atom. The van der Waals surface area contributed by atoms with Gasteiger partial charge in [-0.3, -0.25) is 0 Å². The fourth-order valence-corrected chi connectivity index (χ4v) is 0.895. The van der Waals surface area contributed by atoms with E-state index in [2.05, 4.69) is 6.92 Å². The Hall–Kier alpha value is 0.295. The zero-order valence-corrected chi connectivity index (χ0v) is 5.42. The van der Waals surface area contributed by atoms with E-state index in [4.69, 9.17) is 0 Å². The molecule has 0 nitrogen and oxygen atoms in total. The van der Waals surface area contributed by atoms with E-state index in [1.54, 1.807) is 0 Å². The van der Waals surface area contributed by atoms with Gasteiger partial charge >= 0.3 is 45.2 Å². The van der Waals surface area contributed by atoms with Gasteiger partial charge in [0.15, 0.2) is 0 Å². The summed E-state index contributed by atoms with van der Waals surface area (Å²) in [4.78, 5) is 0. The van der Waals surface area contributed by atoms with Crippen LogP contribution in [-0.2, 0) is 0 Å². The van der Waals surface area contributed by atoms with Gasteiger partial charge in [-0.25, -0.2) is 0 Å². The normalized spacial score (nSPS) is 9.43. The van der Waals surface area contributed by atoms with Crippen LogP contribution in [0.2, 0.25) is 0 Å². The molecule has 7 heavy (non-hydrogen) atoms. The zero-order valence-electron chi connectivity index (χ0n) is 4.52. The van der Waals surface area contributed by atoms with E-state index >= 15 is 0 Å². The topological polar surface area (TPSA) is 0 Å². The van der Waals surface area contributed by atoms with E-state index in [9.17, 15) is 4.32 Å². The molecular formula is C4H9BFP. The van der Waals surface area contributed by atoms with Crippen molar-refractivity contribution in [2.45, 2.75) is 19.8 Å². The fourth-order valence-electron chi connectivity index (χ4n) is 0.298. The molecule has 0 aromatic rings. The summed E-state index contributed by atoms with van der Waals surface area (Å²) in [6, 6.07) is 0. The van der Waals surface area contributed by atoms with Gasteiger partial charge in [0.1, 0.15) is 0 Å². The predicted octanol–water partition coefficient (Wildman–Crippen LogP) is 2.24. The predicted molar refractivity (Wildman–Crippen MR) is 33.6 cm³/mol. The van der Waals surface area contributed by atoms with Gasteiger partial charge in [-0.15, -0.1) is 0 Å². The van der Waals surface area contributed by atoms with Gasteiger partial charge < -0.3 is 0 Å². The van der Waals surface area contributed by atoms with Gasteiger partial charge in [0.25, 0.3) is 0 Å². The van der Waals surface area contributed by atoms with Crippen molar-refractivity contribution in [3.63, 3.8) is 0 Å². The summed E-state index contributed by atoms with van der Waals surface area (Å²) < 4.78 is 11.2. The molecule has 0 aliphatic rings. The molecule has 0 unspecified atom stereocenters. The summed E-state index contributed by atoms with van der Waals surface area (Å²) in [5, 5.41) is 0. The summed E-state index contributed by atoms with van der Waals surface area (Å²) in [5.74, 6) is 0. The van der Waals surface area contributed by atoms with Crippen LogP contribution < -0.4 is 0 Å². The summed E-state index contributed by atoms with van der Waals surface area (Å²) in [6.07, 6.45) is 3.29. The second kappa shape index (κ2) is 6.29. The molecule has 40 valence electrons. The van der Waals surface area contributed by atoms with Gasteiger partial charge in [-0.1, -0.05) is 0 Å². The van der Waals surface area contributed by atoms with E-state index in [-0.39, 0.29) is 0 Å². The first-order valence-electron chi connectivity index (χ1n) is 2.50. The van der Waals surface area contributed by atoms with Crippen molar-refractivity contribution < 1.29 is 4.32 Å². The zero-order chi connectivity index (χ0) is 5.54. The van der Waals surface area contributed by atoms with Crippen molar-refractivity contribution in [1.82, 2.24) is 0 Å². The van der Waals surface area contributed by atoms with Crippen LogP contribution in [0.5, 0.6) is 0 Å². The second-order valence-corrected chi connectivity index (χ2v) is 2.36. The van der Waals surface area contributed by atoms with Crippen LogP contribution in [0, 0.1) is 0 Å². The Kier molecular flexibility index (Phi) is 6.56. The maximum atomic E-state index is 11.2. The minimum absolute atomic E-state index is 0.704. The molecule has 3 heteroatoms. The first kappa shape index (κ1) is 7.29. The number of unbranched alkanes of at least 4 members (excludes halogenated alkanes) is 1. The molecule has 0 rings (SSSR count). The molecule has 0 heterocycles. The molecule has 0 saturated carbocycles. The van der Waals surface area contributed by atoms with Gasteiger partial charge in [0.2, 0.25) is 0 Å². The quantitative estimate of drug-likeness (QED) is 0.302. The van der Waals surface area contributed by atoms with Crippen LogP contribution in [0.15, 0.2) is 0 Å². The molecule has 0 aromatic carbocycles. The molecular weight excluding hydrogens is 109 g/mol. The third kappa shape index (κ3) is 6.29. The molecule has 0 saturated heterocycles. The first-order chi connectivity index (χ1) is 3.41. The Morgan fingerprint density at radius 1 is 1.71 bits per heavy atom. The van der Waals surface area contributed by atoms with Crippen LogP contribution in [-0.4, -0.2) is 13.1 Å². The third-order valence-corrected chi connectivity index (χ3v) is 1.42. The van der Waals surface area contributed by atoms with Crippen LogP contribution in [0.4, 0.5) is 4.32 Å². The summed E-state index contributed by atoms with van der Waals surface area (Å²) in [6.45, 7) is 2.81. The molecule has 0 aromatic heterocycles. The molecule has 0 radical (unpaired) electrons. The van der Waals surface area contributed by atoms with E-state index in [0.717, 1.165) is 20.7 Å². The van der Waals surface area contributed by atoms with Gasteiger partial charge in [-0.2, -0.15) is 0 Å². The number of hydrogen-bond acceptors (Lipinski definition) is 0. The van der Waals surface area contributed by atoms with Gasteiger partial charge in [0.05, 0.1) is 0 Å². The Morgan fingerprint density at radius 3 is 2.86 bits per heavy atom. The molecule has 0 bridgehead atoms. The van der Waals surface area contributed by atoms with Crippen molar-refractivity contribution in [1.29, 1.82) is 0 Å². The van der Waals surface area contributed by atoms with Crippen LogP contribution >= 0.6 is 8.07 Å². The van der Waals surface area contributed by atoms with E-state index in [1.165, 1.54) is 6.42 Å². The average Bonchev–Trinajstić information content (AvgIpc) is 1.69. The number of halogens is 1. The molecule has 0 atom stereocenters. The monoisotopic (exact) mass is 118 g/mol. The fraction of sp³-hybridized carbons (Fsp3) is 1.00. The summed E-state index contributed by atoms with van der Waals surface area (Å²) in [5.41, 5.74) is 0. The summed E-state index contributed by atoms with van der Waals surface area (Å²) >= 11 is 0. The minimum atomic E-state index is 0.704. The third-order valence-electron chi connectivity index (χ3n) is 0.710. The van der Waals surface area contributed by atoms with E-state index in [0.29, 0.717) is 6.90 Å². The first-order valence-corrected chi connectivity index (χ1v) is 3.65. The Balaban J connectivity index is 2.69. The molecule has 0 aliphatic heterocycles. The van der Waals surface area contributed by atoms with Gasteiger partial charge in [-0.05, 0) is 0 Å². The number of hydrogen-bond donors (Lipinski definition) is 0.